The van der Waals surface area contributed by atoms with Crippen LogP contribution in [0.5, 0.6) is 0 Å². The molecular weight excluding hydrogens is 276 g/mol. The summed E-state index contributed by atoms with van der Waals surface area (Å²) >= 11 is 0. The van der Waals surface area contributed by atoms with E-state index < -0.39 is 0 Å². The fourth-order valence-electron chi connectivity index (χ4n) is 2.14. The third-order valence-corrected chi connectivity index (χ3v) is 3.52. The summed E-state index contributed by atoms with van der Waals surface area (Å²) in [5.41, 5.74) is 9.05. The maximum atomic E-state index is 12.4. The molecule has 22 heavy (non-hydrogen) atoms. The minimum Gasteiger partial charge on any atom is -0.399 e. The number of carbonyl (C=O) groups excluding carboxylic acids is 1. The Morgan fingerprint density at radius 2 is 1.91 bits per heavy atom. The second-order valence-corrected chi connectivity index (χ2v) is 5.34. The van der Waals surface area contributed by atoms with Gasteiger partial charge in [-0.2, -0.15) is 0 Å². The molecule has 0 heterocycles. The van der Waals surface area contributed by atoms with E-state index in [1.54, 1.807) is 24.1 Å². The van der Waals surface area contributed by atoms with E-state index in [4.69, 9.17) is 10.5 Å². The van der Waals surface area contributed by atoms with Crippen LogP contribution in [-0.4, -0.2) is 31.0 Å². The molecule has 2 N–H and O–H groups in total. The largest absolute Gasteiger partial charge is 0.399 e. The normalized spacial score (nSPS) is 10.5. The molecule has 116 valence electrons. The minimum atomic E-state index is -0.0342. The second kappa shape index (κ2) is 7.61. The Kier molecular flexibility index (Phi) is 5.55. The highest BCUT2D eigenvalue weighted by molar-refractivity contribution is 5.96. The number of hydrogen-bond acceptors (Lipinski definition) is 3. The fraction of sp³-hybridized carbons (Fsp3) is 0.278. The first-order valence-corrected chi connectivity index (χ1v) is 7.31. The van der Waals surface area contributed by atoms with Crippen LogP contribution >= 0.6 is 0 Å². The molecule has 0 unspecified atom stereocenters. The van der Waals surface area contributed by atoms with Crippen LogP contribution in [0.25, 0.3) is 0 Å². The number of nitrogen functional groups attached to an aromatic ring is 1. The van der Waals surface area contributed by atoms with Gasteiger partial charge >= 0.3 is 0 Å². The summed E-state index contributed by atoms with van der Waals surface area (Å²) in [4.78, 5) is 14.1. The predicted molar refractivity (Wildman–Crippen MR) is 88.6 cm³/mol. The predicted octanol–water partition coefficient (Wildman–Crippen LogP) is 2.87. The number of aryl methyl sites for hydroxylation is 1. The van der Waals surface area contributed by atoms with Crippen LogP contribution in [0.2, 0.25) is 0 Å². The molecule has 0 atom stereocenters. The molecule has 4 nitrogen and oxygen atoms in total. The quantitative estimate of drug-likeness (QED) is 0.659. The van der Waals surface area contributed by atoms with Crippen molar-refractivity contribution in [1.82, 2.24) is 4.90 Å². The van der Waals surface area contributed by atoms with Crippen molar-refractivity contribution in [3.63, 3.8) is 0 Å². The van der Waals surface area contributed by atoms with Gasteiger partial charge in [-0.05, 0) is 30.2 Å². The zero-order valence-corrected chi connectivity index (χ0v) is 13.1. The van der Waals surface area contributed by atoms with E-state index >= 15 is 0 Å². The van der Waals surface area contributed by atoms with E-state index in [2.05, 4.69) is 0 Å². The number of likely N-dealkylation sites (N-methyl/N-ethyl adjacent to an activating group) is 1. The number of amides is 1. The van der Waals surface area contributed by atoms with E-state index in [1.165, 1.54) is 0 Å². The van der Waals surface area contributed by atoms with Crippen molar-refractivity contribution in [3.05, 3.63) is 65.2 Å². The SMILES string of the molecule is Cc1ccc(N)cc1C(=O)N(C)CCOCc1ccccc1. The lowest BCUT2D eigenvalue weighted by Crippen LogP contribution is -2.30. The Hall–Kier alpha value is -2.33. The van der Waals surface area contributed by atoms with Gasteiger partial charge in [-0.3, -0.25) is 4.79 Å². The Balaban J connectivity index is 1.83. The number of nitrogens with two attached hydrogens (primary N) is 1. The number of benzene rings is 2. The molecule has 0 aliphatic rings. The molecule has 2 aromatic carbocycles. The summed E-state index contributed by atoms with van der Waals surface area (Å²) in [6, 6.07) is 15.4. The first kappa shape index (κ1) is 16.0. The van der Waals surface area contributed by atoms with Crippen LogP contribution in [0.1, 0.15) is 21.5 Å². The van der Waals surface area contributed by atoms with Crippen molar-refractivity contribution in [2.24, 2.45) is 0 Å². The molecule has 0 saturated carbocycles. The van der Waals surface area contributed by atoms with Crippen LogP contribution in [0.3, 0.4) is 0 Å². The molecule has 2 aromatic rings. The van der Waals surface area contributed by atoms with Gasteiger partial charge in [0.15, 0.2) is 0 Å². The van der Waals surface area contributed by atoms with Crippen molar-refractivity contribution in [1.29, 1.82) is 0 Å². The molecule has 0 radical (unpaired) electrons. The van der Waals surface area contributed by atoms with Crippen LogP contribution in [0.15, 0.2) is 48.5 Å². The molecule has 0 aliphatic heterocycles. The number of carbonyl (C=O) groups is 1. The van der Waals surface area contributed by atoms with Gasteiger partial charge in [0.05, 0.1) is 13.2 Å². The molecule has 4 heteroatoms. The number of nitrogens with zero attached hydrogens (tertiary/aromatic N) is 1. The average Bonchev–Trinajstić information content (AvgIpc) is 2.54. The first-order chi connectivity index (χ1) is 10.6. The molecular formula is C18H22N2O2. The monoisotopic (exact) mass is 298 g/mol. The molecule has 0 bridgehead atoms. The van der Waals surface area contributed by atoms with Gasteiger partial charge in [-0.25, -0.2) is 0 Å². The highest BCUT2D eigenvalue weighted by Crippen LogP contribution is 2.14. The Labute approximate surface area is 131 Å². The van der Waals surface area contributed by atoms with Gasteiger partial charge in [0.2, 0.25) is 0 Å². The fourth-order valence-corrected chi connectivity index (χ4v) is 2.14. The molecule has 0 aliphatic carbocycles. The zero-order chi connectivity index (χ0) is 15.9. The molecule has 0 saturated heterocycles. The highest BCUT2D eigenvalue weighted by atomic mass is 16.5. The summed E-state index contributed by atoms with van der Waals surface area (Å²) in [5, 5.41) is 0. The van der Waals surface area contributed by atoms with Crippen LogP contribution in [0.4, 0.5) is 5.69 Å². The lowest BCUT2D eigenvalue weighted by atomic mass is 10.1. The van der Waals surface area contributed by atoms with Crippen molar-refractivity contribution in [3.8, 4) is 0 Å². The Morgan fingerprint density at radius 1 is 1.18 bits per heavy atom. The van der Waals surface area contributed by atoms with E-state index in [1.807, 2.05) is 43.3 Å². The zero-order valence-electron chi connectivity index (χ0n) is 13.1. The van der Waals surface area contributed by atoms with Crippen molar-refractivity contribution in [2.45, 2.75) is 13.5 Å². The van der Waals surface area contributed by atoms with Crippen LogP contribution in [0, 0.1) is 6.92 Å². The van der Waals surface area contributed by atoms with Gasteiger partial charge in [0.1, 0.15) is 0 Å². The first-order valence-electron chi connectivity index (χ1n) is 7.31. The van der Waals surface area contributed by atoms with E-state index in [0.29, 0.717) is 31.0 Å². The van der Waals surface area contributed by atoms with E-state index in [9.17, 15) is 4.79 Å². The third-order valence-electron chi connectivity index (χ3n) is 3.52. The topological polar surface area (TPSA) is 55.6 Å². The number of ether oxygens (including phenoxy) is 1. The Morgan fingerprint density at radius 3 is 2.64 bits per heavy atom. The summed E-state index contributed by atoms with van der Waals surface area (Å²) < 4.78 is 5.61. The van der Waals surface area contributed by atoms with Gasteiger partial charge in [-0.15, -0.1) is 0 Å². The average molecular weight is 298 g/mol. The summed E-state index contributed by atoms with van der Waals surface area (Å²) in [6.07, 6.45) is 0. The van der Waals surface area contributed by atoms with E-state index in [-0.39, 0.29) is 5.91 Å². The third kappa shape index (κ3) is 4.33. The molecule has 2 rings (SSSR count). The lowest BCUT2D eigenvalue weighted by molar-refractivity contribution is 0.0670. The minimum absolute atomic E-state index is 0.0342. The van der Waals surface area contributed by atoms with Gasteiger partial charge in [0, 0.05) is 24.8 Å². The number of hydrogen-bond donors (Lipinski definition) is 1. The maximum absolute atomic E-state index is 12.4. The highest BCUT2D eigenvalue weighted by Gasteiger charge is 2.14. The van der Waals surface area contributed by atoms with Crippen molar-refractivity contribution >= 4 is 11.6 Å². The summed E-state index contributed by atoms with van der Waals surface area (Å²) in [7, 11) is 1.77. The smallest absolute Gasteiger partial charge is 0.254 e. The van der Waals surface area contributed by atoms with E-state index in [0.717, 1.165) is 11.1 Å². The summed E-state index contributed by atoms with van der Waals surface area (Å²) in [6.45, 7) is 3.50. The number of anilines is 1. The standard InChI is InChI=1S/C18H22N2O2/c1-14-8-9-16(19)12-17(14)18(21)20(2)10-11-22-13-15-6-4-3-5-7-15/h3-9,12H,10-11,13,19H2,1-2H3. The van der Waals surface area contributed by atoms with Crippen molar-refractivity contribution < 1.29 is 9.53 Å². The van der Waals surface area contributed by atoms with Gasteiger partial charge in [-0.1, -0.05) is 36.4 Å². The summed E-state index contributed by atoms with van der Waals surface area (Å²) in [5.74, 6) is -0.0342. The molecule has 0 fully saturated rings. The maximum Gasteiger partial charge on any atom is 0.254 e. The second-order valence-electron chi connectivity index (χ2n) is 5.34. The molecule has 1 amide bonds. The van der Waals surface area contributed by atoms with Crippen LogP contribution in [-0.2, 0) is 11.3 Å². The lowest BCUT2D eigenvalue weighted by Gasteiger charge is -2.18. The number of rotatable bonds is 6. The molecule has 0 spiro atoms. The Bertz CT molecular complexity index is 626. The van der Waals surface area contributed by atoms with Crippen molar-refractivity contribution in [2.75, 3.05) is 25.9 Å². The molecule has 0 aromatic heterocycles. The van der Waals surface area contributed by atoms with Gasteiger partial charge in [0.25, 0.3) is 5.91 Å². The van der Waals surface area contributed by atoms with Gasteiger partial charge < -0.3 is 15.4 Å². The van der Waals surface area contributed by atoms with Crippen LogP contribution < -0.4 is 5.73 Å².